The van der Waals surface area contributed by atoms with Gasteiger partial charge in [0.1, 0.15) is 5.69 Å². The highest BCUT2D eigenvalue weighted by atomic mass is 32.2. The summed E-state index contributed by atoms with van der Waals surface area (Å²) < 4.78 is 35.0. The van der Waals surface area contributed by atoms with Crippen LogP contribution in [0.5, 0.6) is 0 Å². The Morgan fingerprint density at radius 1 is 1.09 bits per heavy atom. The van der Waals surface area contributed by atoms with E-state index in [1.165, 1.54) is 11.3 Å². The smallest absolute Gasteiger partial charge is 0.271 e. The summed E-state index contributed by atoms with van der Waals surface area (Å²) in [5.74, 6) is -0.151. The van der Waals surface area contributed by atoms with Crippen LogP contribution in [-0.2, 0) is 20.5 Å². The van der Waals surface area contributed by atoms with Gasteiger partial charge in [-0.1, -0.05) is 42.5 Å². The second-order valence-electron chi connectivity index (χ2n) is 7.73. The van der Waals surface area contributed by atoms with Crippen molar-refractivity contribution in [3.63, 3.8) is 0 Å². The number of hydrogen-bond acceptors (Lipinski definition) is 6. The Labute approximate surface area is 195 Å². The van der Waals surface area contributed by atoms with Crippen molar-refractivity contribution in [1.29, 1.82) is 0 Å². The van der Waals surface area contributed by atoms with E-state index in [1.807, 2.05) is 35.8 Å². The molecule has 1 fully saturated rings. The third kappa shape index (κ3) is 4.77. The number of amides is 1. The first kappa shape index (κ1) is 21.6. The number of morpholine rings is 1. The van der Waals surface area contributed by atoms with Crippen molar-refractivity contribution in [2.45, 2.75) is 5.75 Å². The molecule has 0 unspecified atom stereocenters. The van der Waals surface area contributed by atoms with E-state index >= 15 is 0 Å². The van der Waals surface area contributed by atoms with E-state index in [1.54, 1.807) is 39.6 Å². The second-order valence-corrected chi connectivity index (χ2v) is 10.3. The van der Waals surface area contributed by atoms with Crippen LogP contribution in [0.3, 0.4) is 0 Å². The molecule has 4 aromatic rings. The molecule has 170 valence electrons. The SMILES string of the molecule is O=C(c1csc2nc(-c3cccc(NS(=O)(=O)Cc4ccccc4)c3)cn12)N1CCOCC1. The van der Waals surface area contributed by atoms with Crippen molar-refractivity contribution in [1.82, 2.24) is 14.3 Å². The molecular weight excluding hydrogens is 460 g/mol. The molecule has 2 aromatic carbocycles. The van der Waals surface area contributed by atoms with Gasteiger partial charge in [-0.05, 0) is 17.7 Å². The number of benzene rings is 2. The lowest BCUT2D eigenvalue weighted by molar-refractivity contribution is 0.0298. The van der Waals surface area contributed by atoms with Crippen LogP contribution in [0.15, 0.2) is 66.2 Å². The van der Waals surface area contributed by atoms with Crippen LogP contribution in [0.1, 0.15) is 16.1 Å². The van der Waals surface area contributed by atoms with Crippen LogP contribution in [0.2, 0.25) is 0 Å². The minimum atomic E-state index is -3.56. The molecule has 5 rings (SSSR count). The molecule has 1 N–H and O–H groups in total. The van der Waals surface area contributed by atoms with E-state index in [2.05, 4.69) is 9.71 Å². The minimum Gasteiger partial charge on any atom is -0.378 e. The molecule has 2 aromatic heterocycles. The van der Waals surface area contributed by atoms with E-state index in [0.29, 0.717) is 53.9 Å². The normalized spacial score (nSPS) is 14.5. The van der Waals surface area contributed by atoms with E-state index in [4.69, 9.17) is 4.74 Å². The number of thiazole rings is 1. The Balaban J connectivity index is 1.38. The summed E-state index contributed by atoms with van der Waals surface area (Å²) in [6, 6.07) is 16.1. The lowest BCUT2D eigenvalue weighted by Crippen LogP contribution is -2.41. The quantitative estimate of drug-likeness (QED) is 0.454. The maximum atomic E-state index is 12.9. The maximum Gasteiger partial charge on any atom is 0.271 e. The fourth-order valence-corrected chi connectivity index (χ4v) is 5.79. The zero-order valence-electron chi connectivity index (χ0n) is 17.7. The number of rotatable bonds is 6. The van der Waals surface area contributed by atoms with Gasteiger partial charge in [0.15, 0.2) is 4.96 Å². The first-order chi connectivity index (χ1) is 16.0. The maximum absolute atomic E-state index is 12.9. The van der Waals surface area contributed by atoms with Crippen LogP contribution in [0.25, 0.3) is 16.2 Å². The number of carbonyl (C=O) groups excluding carboxylic acids is 1. The second kappa shape index (κ2) is 8.97. The Morgan fingerprint density at radius 3 is 2.67 bits per heavy atom. The monoisotopic (exact) mass is 482 g/mol. The van der Waals surface area contributed by atoms with Crippen molar-refractivity contribution >= 4 is 37.9 Å². The zero-order valence-corrected chi connectivity index (χ0v) is 19.3. The largest absolute Gasteiger partial charge is 0.378 e. The molecule has 3 heterocycles. The number of sulfonamides is 1. The van der Waals surface area contributed by atoms with Crippen LogP contribution in [0.4, 0.5) is 5.69 Å². The Kier molecular flexibility index (Phi) is 5.88. The van der Waals surface area contributed by atoms with Crippen molar-refractivity contribution in [2.75, 3.05) is 31.0 Å². The van der Waals surface area contributed by atoms with Crippen LogP contribution >= 0.6 is 11.3 Å². The molecule has 0 aliphatic carbocycles. The summed E-state index contributed by atoms with van der Waals surface area (Å²) in [7, 11) is -3.56. The van der Waals surface area contributed by atoms with Gasteiger partial charge in [0.25, 0.3) is 5.91 Å². The van der Waals surface area contributed by atoms with Crippen molar-refractivity contribution < 1.29 is 17.9 Å². The predicted molar refractivity (Wildman–Crippen MR) is 128 cm³/mol. The Morgan fingerprint density at radius 2 is 1.88 bits per heavy atom. The summed E-state index contributed by atoms with van der Waals surface area (Å²) in [5.41, 5.74) is 3.17. The third-order valence-electron chi connectivity index (χ3n) is 5.36. The van der Waals surface area contributed by atoms with Crippen LogP contribution < -0.4 is 4.72 Å². The van der Waals surface area contributed by atoms with E-state index in [9.17, 15) is 13.2 Å². The molecule has 1 amide bonds. The van der Waals surface area contributed by atoms with Gasteiger partial charge in [-0.25, -0.2) is 13.4 Å². The number of nitrogens with zero attached hydrogens (tertiary/aromatic N) is 3. The van der Waals surface area contributed by atoms with Crippen molar-refractivity contribution in [3.8, 4) is 11.3 Å². The number of aromatic nitrogens is 2. The number of hydrogen-bond donors (Lipinski definition) is 1. The Hall–Kier alpha value is -3.21. The lowest BCUT2D eigenvalue weighted by atomic mass is 10.1. The molecule has 0 radical (unpaired) electrons. The van der Waals surface area contributed by atoms with E-state index in [-0.39, 0.29) is 11.7 Å². The summed E-state index contributed by atoms with van der Waals surface area (Å²) in [4.78, 5) is 20.1. The van der Waals surface area contributed by atoms with Gasteiger partial charge in [0.05, 0.1) is 24.7 Å². The fraction of sp³-hybridized carbons (Fsp3) is 0.217. The number of anilines is 1. The topological polar surface area (TPSA) is 93.0 Å². The summed E-state index contributed by atoms with van der Waals surface area (Å²) in [6.07, 6.45) is 1.82. The molecule has 1 aliphatic heterocycles. The van der Waals surface area contributed by atoms with Gasteiger partial charge in [-0.3, -0.25) is 13.9 Å². The predicted octanol–water partition coefficient (Wildman–Crippen LogP) is 3.48. The zero-order chi connectivity index (χ0) is 22.8. The Bertz CT molecular complexity index is 1390. The number of fused-ring (bicyclic) bond motifs is 1. The number of carbonyl (C=O) groups is 1. The van der Waals surface area contributed by atoms with E-state index in [0.717, 1.165) is 5.56 Å². The lowest BCUT2D eigenvalue weighted by Gasteiger charge is -2.26. The molecule has 0 spiro atoms. The highest BCUT2D eigenvalue weighted by Gasteiger charge is 2.22. The standard InChI is InChI=1S/C23H22N4O4S2/c28-22(26-9-11-31-12-10-26)21-15-32-23-24-20(14-27(21)23)18-7-4-8-19(13-18)25-33(29,30)16-17-5-2-1-3-6-17/h1-8,13-15,25H,9-12,16H2. The molecule has 0 bridgehead atoms. The first-order valence-corrected chi connectivity index (χ1v) is 13.0. The van der Waals surface area contributed by atoms with Gasteiger partial charge in [0, 0.05) is 35.9 Å². The summed E-state index contributed by atoms with van der Waals surface area (Å²) in [5, 5.41) is 1.82. The van der Waals surface area contributed by atoms with Gasteiger partial charge < -0.3 is 9.64 Å². The van der Waals surface area contributed by atoms with Gasteiger partial charge in [-0.2, -0.15) is 0 Å². The number of ether oxygens (including phenoxy) is 1. The van der Waals surface area contributed by atoms with Crippen molar-refractivity contribution in [2.24, 2.45) is 0 Å². The first-order valence-electron chi connectivity index (χ1n) is 10.5. The minimum absolute atomic E-state index is 0.0454. The highest BCUT2D eigenvalue weighted by Crippen LogP contribution is 2.27. The van der Waals surface area contributed by atoms with Gasteiger partial charge >= 0.3 is 0 Å². The van der Waals surface area contributed by atoms with Gasteiger partial charge in [-0.15, -0.1) is 11.3 Å². The van der Waals surface area contributed by atoms with Crippen LogP contribution in [0, 0.1) is 0 Å². The molecule has 1 saturated heterocycles. The molecule has 0 atom stereocenters. The summed E-state index contributed by atoms with van der Waals surface area (Å²) in [6.45, 7) is 2.23. The summed E-state index contributed by atoms with van der Waals surface area (Å²) >= 11 is 1.40. The average Bonchev–Trinajstić information content (AvgIpc) is 3.40. The molecule has 10 heteroatoms. The number of imidazole rings is 1. The van der Waals surface area contributed by atoms with Crippen LogP contribution in [-0.4, -0.2) is 54.9 Å². The molecule has 8 nitrogen and oxygen atoms in total. The fourth-order valence-electron chi connectivity index (χ4n) is 3.76. The van der Waals surface area contributed by atoms with Gasteiger partial charge in [0.2, 0.25) is 10.0 Å². The molecular formula is C23H22N4O4S2. The highest BCUT2D eigenvalue weighted by molar-refractivity contribution is 7.91. The number of nitrogens with one attached hydrogen (secondary N) is 1. The molecule has 33 heavy (non-hydrogen) atoms. The van der Waals surface area contributed by atoms with Crippen molar-refractivity contribution in [3.05, 3.63) is 77.4 Å². The third-order valence-corrected chi connectivity index (χ3v) is 7.46. The van der Waals surface area contributed by atoms with E-state index < -0.39 is 10.0 Å². The molecule has 0 saturated carbocycles. The molecule has 1 aliphatic rings. The average molecular weight is 483 g/mol.